The second kappa shape index (κ2) is 3.15. The molecule has 1 aromatic rings. The normalized spacial score (nSPS) is 31.8. The van der Waals surface area contributed by atoms with Crippen LogP contribution in [0.2, 0.25) is 0 Å². The highest BCUT2D eigenvalue weighted by molar-refractivity contribution is 5.32. The number of rotatable bonds is 2. The van der Waals surface area contributed by atoms with Gasteiger partial charge in [0.2, 0.25) is 0 Å². The van der Waals surface area contributed by atoms with E-state index in [9.17, 15) is 0 Å². The van der Waals surface area contributed by atoms with Gasteiger partial charge < -0.3 is 5.73 Å². The first-order valence-electron chi connectivity index (χ1n) is 5.08. The monoisotopic (exact) mass is 175 g/mol. The maximum absolute atomic E-state index is 5.91. The predicted octanol–water partition coefficient (Wildman–Crippen LogP) is 2.31. The van der Waals surface area contributed by atoms with Gasteiger partial charge in [0.25, 0.3) is 0 Å². The molecule has 1 aromatic carbocycles. The fourth-order valence-electron chi connectivity index (χ4n) is 2.00. The molecule has 0 amide bonds. The summed E-state index contributed by atoms with van der Waals surface area (Å²) >= 11 is 0. The number of aryl methyl sites for hydroxylation is 1. The van der Waals surface area contributed by atoms with E-state index in [-0.39, 0.29) is 0 Å². The molecule has 0 radical (unpaired) electrons. The summed E-state index contributed by atoms with van der Waals surface area (Å²) in [5.41, 5.74) is 8.73. The minimum Gasteiger partial charge on any atom is -0.327 e. The number of benzene rings is 1. The van der Waals surface area contributed by atoms with Gasteiger partial charge in [-0.3, -0.25) is 0 Å². The van der Waals surface area contributed by atoms with Gasteiger partial charge in [-0.05, 0) is 23.5 Å². The Hall–Kier alpha value is -0.820. The van der Waals surface area contributed by atoms with Gasteiger partial charge >= 0.3 is 0 Å². The Balaban J connectivity index is 2.15. The van der Waals surface area contributed by atoms with Crippen molar-refractivity contribution >= 4 is 0 Å². The average Bonchev–Trinajstić information content (AvgIpc) is 2.75. The molecule has 13 heavy (non-hydrogen) atoms. The van der Waals surface area contributed by atoms with E-state index in [1.54, 1.807) is 0 Å². The zero-order chi connectivity index (χ0) is 9.42. The van der Waals surface area contributed by atoms with E-state index in [4.69, 9.17) is 5.73 Å². The predicted molar refractivity (Wildman–Crippen MR) is 55.7 cm³/mol. The number of nitrogens with two attached hydrogens (primary N) is 1. The van der Waals surface area contributed by atoms with Crippen LogP contribution in [-0.2, 0) is 6.42 Å². The van der Waals surface area contributed by atoms with Gasteiger partial charge in [-0.25, -0.2) is 0 Å². The first-order chi connectivity index (χ1) is 6.24. The van der Waals surface area contributed by atoms with E-state index in [0.29, 0.717) is 17.9 Å². The lowest BCUT2D eigenvalue weighted by molar-refractivity contribution is 0.885. The summed E-state index contributed by atoms with van der Waals surface area (Å²) in [6.07, 6.45) is 1.12. The van der Waals surface area contributed by atoms with Crippen LogP contribution < -0.4 is 5.73 Å². The molecule has 70 valence electrons. The van der Waals surface area contributed by atoms with Crippen molar-refractivity contribution in [3.63, 3.8) is 0 Å². The minimum atomic E-state index is 0.396. The zero-order valence-electron chi connectivity index (χ0n) is 8.33. The molecule has 1 fully saturated rings. The average molecular weight is 175 g/mol. The molecule has 3 atom stereocenters. The lowest BCUT2D eigenvalue weighted by atomic mass is 10.1. The van der Waals surface area contributed by atoms with Gasteiger partial charge in [-0.1, -0.05) is 38.1 Å². The molecule has 0 saturated heterocycles. The molecular formula is C12H17N. The fourth-order valence-corrected chi connectivity index (χ4v) is 2.00. The smallest absolute Gasteiger partial charge is 0.0143 e. The van der Waals surface area contributed by atoms with Gasteiger partial charge in [0.05, 0.1) is 0 Å². The van der Waals surface area contributed by atoms with Crippen LogP contribution in [0, 0.1) is 5.92 Å². The van der Waals surface area contributed by atoms with Gasteiger partial charge in [0.1, 0.15) is 0 Å². The van der Waals surface area contributed by atoms with Crippen LogP contribution in [0.4, 0.5) is 0 Å². The van der Waals surface area contributed by atoms with E-state index in [0.717, 1.165) is 6.42 Å². The van der Waals surface area contributed by atoms with Crippen molar-refractivity contribution in [2.45, 2.75) is 32.2 Å². The van der Waals surface area contributed by atoms with Crippen LogP contribution in [0.3, 0.4) is 0 Å². The van der Waals surface area contributed by atoms with Crippen molar-refractivity contribution in [3.05, 3.63) is 35.4 Å². The summed E-state index contributed by atoms with van der Waals surface area (Å²) in [4.78, 5) is 0. The Morgan fingerprint density at radius 2 is 1.77 bits per heavy atom. The second-order valence-electron chi connectivity index (χ2n) is 4.06. The highest BCUT2D eigenvalue weighted by atomic mass is 14.8. The summed E-state index contributed by atoms with van der Waals surface area (Å²) in [5, 5.41) is 0. The van der Waals surface area contributed by atoms with Gasteiger partial charge in [0.15, 0.2) is 0 Å². The van der Waals surface area contributed by atoms with E-state index in [1.165, 1.54) is 11.1 Å². The molecule has 0 unspecified atom stereocenters. The SMILES string of the molecule is CCc1ccc([C@H]2[C@@H](C)[C@@H]2N)cc1. The molecule has 2 rings (SSSR count). The van der Waals surface area contributed by atoms with Gasteiger partial charge in [0, 0.05) is 12.0 Å². The summed E-state index contributed by atoms with van der Waals surface area (Å²) in [6, 6.07) is 9.28. The van der Waals surface area contributed by atoms with Crippen molar-refractivity contribution in [3.8, 4) is 0 Å². The molecule has 2 N–H and O–H groups in total. The first kappa shape index (κ1) is 8.76. The van der Waals surface area contributed by atoms with Gasteiger partial charge in [-0.2, -0.15) is 0 Å². The molecule has 1 aliphatic carbocycles. The van der Waals surface area contributed by atoms with E-state index >= 15 is 0 Å². The van der Waals surface area contributed by atoms with Crippen LogP contribution in [0.5, 0.6) is 0 Å². The van der Waals surface area contributed by atoms with Crippen molar-refractivity contribution in [2.24, 2.45) is 11.7 Å². The molecule has 0 spiro atoms. The molecule has 0 aromatic heterocycles. The lowest BCUT2D eigenvalue weighted by Crippen LogP contribution is -2.02. The van der Waals surface area contributed by atoms with Crippen molar-refractivity contribution in [2.75, 3.05) is 0 Å². The molecule has 0 aliphatic heterocycles. The van der Waals surface area contributed by atoms with Crippen LogP contribution in [-0.4, -0.2) is 6.04 Å². The van der Waals surface area contributed by atoms with Crippen LogP contribution >= 0.6 is 0 Å². The zero-order valence-corrected chi connectivity index (χ0v) is 8.33. The summed E-state index contributed by atoms with van der Waals surface area (Å²) in [6.45, 7) is 4.41. The van der Waals surface area contributed by atoms with E-state index in [2.05, 4.69) is 38.1 Å². The Labute approximate surface area is 80.0 Å². The highest BCUT2D eigenvalue weighted by Gasteiger charge is 2.44. The molecule has 1 aliphatic rings. The summed E-state index contributed by atoms with van der Waals surface area (Å²) in [7, 11) is 0. The van der Waals surface area contributed by atoms with Gasteiger partial charge in [-0.15, -0.1) is 0 Å². The highest BCUT2D eigenvalue weighted by Crippen LogP contribution is 2.45. The molecule has 0 heterocycles. The van der Waals surface area contributed by atoms with Crippen LogP contribution in [0.25, 0.3) is 0 Å². The third-order valence-corrected chi connectivity index (χ3v) is 3.22. The third-order valence-electron chi connectivity index (χ3n) is 3.22. The Morgan fingerprint density at radius 3 is 2.15 bits per heavy atom. The Bertz CT molecular complexity index is 280. The minimum absolute atomic E-state index is 0.396. The van der Waals surface area contributed by atoms with Crippen molar-refractivity contribution in [1.82, 2.24) is 0 Å². The maximum Gasteiger partial charge on any atom is 0.0143 e. The van der Waals surface area contributed by atoms with Crippen LogP contribution in [0.1, 0.15) is 30.9 Å². The van der Waals surface area contributed by atoms with E-state index in [1.807, 2.05) is 0 Å². The van der Waals surface area contributed by atoms with Crippen LogP contribution in [0.15, 0.2) is 24.3 Å². The first-order valence-corrected chi connectivity index (χ1v) is 5.08. The van der Waals surface area contributed by atoms with Crippen molar-refractivity contribution < 1.29 is 0 Å². The topological polar surface area (TPSA) is 26.0 Å². The molecule has 1 heteroatoms. The second-order valence-corrected chi connectivity index (χ2v) is 4.06. The number of hydrogen-bond acceptors (Lipinski definition) is 1. The fraction of sp³-hybridized carbons (Fsp3) is 0.500. The largest absolute Gasteiger partial charge is 0.327 e. The lowest BCUT2D eigenvalue weighted by Gasteiger charge is -2.00. The quantitative estimate of drug-likeness (QED) is 0.733. The third kappa shape index (κ3) is 1.49. The Morgan fingerprint density at radius 1 is 1.23 bits per heavy atom. The van der Waals surface area contributed by atoms with Crippen molar-refractivity contribution in [1.29, 1.82) is 0 Å². The standard InChI is InChI=1S/C12H17N/c1-3-9-4-6-10(7-5-9)11-8(2)12(11)13/h4-8,11-12H,3,13H2,1-2H3/t8-,11-,12+/m1/s1. The Kier molecular flexibility index (Phi) is 2.12. The molecular weight excluding hydrogens is 158 g/mol. The molecule has 1 saturated carbocycles. The summed E-state index contributed by atoms with van der Waals surface area (Å²) < 4.78 is 0. The number of hydrogen-bond donors (Lipinski definition) is 1. The summed E-state index contributed by atoms with van der Waals surface area (Å²) in [5.74, 6) is 1.29. The molecule has 1 nitrogen and oxygen atoms in total. The maximum atomic E-state index is 5.91. The van der Waals surface area contributed by atoms with E-state index < -0.39 is 0 Å². The molecule has 0 bridgehead atoms.